The minimum absolute atomic E-state index is 0.0258. The second-order valence-electron chi connectivity index (χ2n) is 6.45. The zero-order valence-corrected chi connectivity index (χ0v) is 14.1. The second kappa shape index (κ2) is 6.72. The molecule has 1 saturated carbocycles. The van der Waals surface area contributed by atoms with Gasteiger partial charge in [0.1, 0.15) is 6.10 Å². The van der Waals surface area contributed by atoms with Crippen LogP contribution in [-0.2, 0) is 0 Å². The highest BCUT2D eigenvalue weighted by Gasteiger charge is 2.35. The van der Waals surface area contributed by atoms with Crippen molar-refractivity contribution in [3.8, 4) is 11.3 Å². The summed E-state index contributed by atoms with van der Waals surface area (Å²) in [6, 6.07) is 11.2. The third-order valence-electron chi connectivity index (χ3n) is 4.45. The number of nitrogens with one attached hydrogen (secondary N) is 1. The van der Waals surface area contributed by atoms with Gasteiger partial charge in [0.2, 0.25) is 0 Å². The van der Waals surface area contributed by atoms with Gasteiger partial charge in [-0.05, 0) is 19.8 Å². The van der Waals surface area contributed by atoms with Gasteiger partial charge < -0.3 is 19.5 Å². The van der Waals surface area contributed by atoms with Crippen LogP contribution in [0, 0.1) is 0 Å². The van der Waals surface area contributed by atoms with Crippen LogP contribution in [0.3, 0.4) is 0 Å². The molecule has 0 radical (unpaired) electrons. The Balaban J connectivity index is 1.33. The van der Waals surface area contributed by atoms with Crippen LogP contribution >= 0.6 is 0 Å². The summed E-state index contributed by atoms with van der Waals surface area (Å²) < 4.78 is 10.2. The van der Waals surface area contributed by atoms with Gasteiger partial charge in [-0.15, -0.1) is 0 Å². The molecule has 8 nitrogen and oxygen atoms in total. The van der Waals surface area contributed by atoms with Gasteiger partial charge >= 0.3 is 0 Å². The predicted molar refractivity (Wildman–Crippen MR) is 90.1 cm³/mol. The lowest BCUT2D eigenvalue weighted by Gasteiger charge is -2.33. The van der Waals surface area contributed by atoms with E-state index < -0.39 is 6.10 Å². The zero-order chi connectivity index (χ0) is 18.1. The topological polar surface area (TPSA) is 114 Å². The number of rotatable bonds is 5. The minimum atomic E-state index is -0.780. The van der Waals surface area contributed by atoms with Crippen LogP contribution in [0.1, 0.15) is 54.0 Å². The Morgan fingerprint density at radius 1 is 1.23 bits per heavy atom. The van der Waals surface area contributed by atoms with E-state index in [9.17, 15) is 9.90 Å². The number of aliphatic hydroxyl groups excluding tert-OH is 1. The number of aromatic nitrogens is 3. The molecule has 1 atom stereocenters. The van der Waals surface area contributed by atoms with Crippen molar-refractivity contribution in [1.82, 2.24) is 20.6 Å². The molecule has 2 aromatic heterocycles. The van der Waals surface area contributed by atoms with Crippen molar-refractivity contribution in [3.05, 3.63) is 53.8 Å². The van der Waals surface area contributed by atoms with Crippen LogP contribution in [0.4, 0.5) is 0 Å². The fourth-order valence-electron chi connectivity index (χ4n) is 2.91. The van der Waals surface area contributed by atoms with Gasteiger partial charge in [0, 0.05) is 23.6 Å². The molecule has 26 heavy (non-hydrogen) atoms. The third kappa shape index (κ3) is 3.23. The van der Waals surface area contributed by atoms with Crippen LogP contribution < -0.4 is 5.32 Å². The van der Waals surface area contributed by atoms with Gasteiger partial charge in [0.15, 0.2) is 17.3 Å². The Morgan fingerprint density at radius 3 is 2.69 bits per heavy atom. The number of aliphatic hydroxyl groups is 1. The van der Waals surface area contributed by atoms with Crippen LogP contribution in [0.5, 0.6) is 0 Å². The Bertz CT molecular complexity index is 897. The molecular formula is C18H18N4O4. The van der Waals surface area contributed by atoms with E-state index in [0.29, 0.717) is 24.4 Å². The number of hydrogen-bond donors (Lipinski definition) is 2. The lowest BCUT2D eigenvalue weighted by molar-refractivity contribution is 0.0898. The van der Waals surface area contributed by atoms with Crippen LogP contribution in [0.25, 0.3) is 11.3 Å². The van der Waals surface area contributed by atoms with E-state index in [0.717, 1.165) is 5.56 Å². The number of carbonyl (C=O) groups is 1. The summed E-state index contributed by atoms with van der Waals surface area (Å²) in [6.45, 7) is 1.57. The molecule has 0 saturated heterocycles. The van der Waals surface area contributed by atoms with Crippen molar-refractivity contribution in [1.29, 1.82) is 0 Å². The fourth-order valence-corrected chi connectivity index (χ4v) is 2.91. The van der Waals surface area contributed by atoms with Crippen LogP contribution in [0.2, 0.25) is 0 Å². The number of carbonyl (C=O) groups excluding carboxylic acids is 1. The average molecular weight is 354 g/mol. The quantitative estimate of drug-likeness (QED) is 0.723. The molecule has 1 aliphatic carbocycles. The fraction of sp³-hybridized carbons (Fsp3) is 0.333. The third-order valence-corrected chi connectivity index (χ3v) is 4.45. The molecule has 0 aliphatic heterocycles. The molecule has 1 aliphatic rings. The Hall–Kier alpha value is -3.00. The summed E-state index contributed by atoms with van der Waals surface area (Å²) in [7, 11) is 0. The predicted octanol–water partition coefficient (Wildman–Crippen LogP) is 2.45. The van der Waals surface area contributed by atoms with Crippen molar-refractivity contribution in [2.75, 3.05) is 0 Å². The summed E-state index contributed by atoms with van der Waals surface area (Å²) in [5, 5.41) is 20.1. The lowest BCUT2D eigenvalue weighted by Crippen LogP contribution is -2.43. The molecule has 134 valence electrons. The van der Waals surface area contributed by atoms with E-state index >= 15 is 0 Å². The minimum Gasteiger partial charge on any atom is -0.384 e. The van der Waals surface area contributed by atoms with Crippen LogP contribution in [-0.4, -0.2) is 32.4 Å². The monoisotopic (exact) mass is 354 g/mol. The largest absolute Gasteiger partial charge is 0.384 e. The molecule has 1 fully saturated rings. The summed E-state index contributed by atoms with van der Waals surface area (Å²) in [6.07, 6.45) is 0.653. The lowest BCUT2D eigenvalue weighted by atomic mass is 9.79. The molecule has 0 spiro atoms. The van der Waals surface area contributed by atoms with Gasteiger partial charge in [0.25, 0.3) is 11.8 Å². The Kier molecular flexibility index (Phi) is 4.26. The normalized spacial score (nSPS) is 20.4. The van der Waals surface area contributed by atoms with E-state index in [1.54, 1.807) is 13.0 Å². The molecule has 2 heterocycles. The second-order valence-corrected chi connectivity index (χ2v) is 6.45. The maximum atomic E-state index is 12.3. The standard InChI is InChI=1S/C18H18N4O4/c1-10(23)18-20-16(22-26-18)12-7-13(8-12)19-17(24)14-9-15(25-21-14)11-5-3-2-4-6-11/h2-6,9-10,12-13,23H,7-8H2,1H3,(H,19,24)/t10-,12?,13?/m0/s1. The highest BCUT2D eigenvalue weighted by Crippen LogP contribution is 2.35. The summed E-state index contributed by atoms with van der Waals surface area (Å²) in [4.78, 5) is 16.5. The van der Waals surface area contributed by atoms with Gasteiger partial charge in [-0.25, -0.2) is 0 Å². The average Bonchev–Trinajstić information content (AvgIpc) is 3.28. The Morgan fingerprint density at radius 2 is 2.00 bits per heavy atom. The SMILES string of the molecule is C[C@H](O)c1nc(C2CC(NC(=O)c3cc(-c4ccccc4)on3)C2)no1. The maximum absolute atomic E-state index is 12.3. The molecule has 3 aromatic rings. The van der Waals surface area contributed by atoms with Gasteiger partial charge in [0.05, 0.1) is 0 Å². The highest BCUT2D eigenvalue weighted by atomic mass is 16.5. The number of nitrogens with zero attached hydrogens (tertiary/aromatic N) is 3. The summed E-state index contributed by atoms with van der Waals surface area (Å²) in [5.74, 6) is 1.19. The van der Waals surface area contributed by atoms with E-state index in [4.69, 9.17) is 9.05 Å². The van der Waals surface area contributed by atoms with E-state index in [-0.39, 0.29) is 29.5 Å². The molecular weight excluding hydrogens is 336 g/mol. The van der Waals surface area contributed by atoms with E-state index in [2.05, 4.69) is 20.6 Å². The molecule has 0 bridgehead atoms. The van der Waals surface area contributed by atoms with Crippen molar-refractivity contribution in [3.63, 3.8) is 0 Å². The smallest absolute Gasteiger partial charge is 0.273 e. The molecule has 1 aromatic carbocycles. The van der Waals surface area contributed by atoms with E-state index in [1.165, 1.54) is 0 Å². The van der Waals surface area contributed by atoms with Gasteiger partial charge in [-0.3, -0.25) is 4.79 Å². The number of amides is 1. The first-order valence-electron chi connectivity index (χ1n) is 8.44. The van der Waals surface area contributed by atoms with Crippen molar-refractivity contribution >= 4 is 5.91 Å². The van der Waals surface area contributed by atoms with Crippen LogP contribution in [0.15, 0.2) is 45.4 Å². The molecule has 0 unspecified atom stereocenters. The first kappa shape index (κ1) is 16.5. The van der Waals surface area contributed by atoms with E-state index in [1.807, 2.05) is 30.3 Å². The maximum Gasteiger partial charge on any atom is 0.273 e. The number of benzene rings is 1. The van der Waals surface area contributed by atoms with Crippen molar-refractivity contribution in [2.45, 2.75) is 37.8 Å². The molecule has 8 heteroatoms. The molecule has 1 amide bonds. The summed E-state index contributed by atoms with van der Waals surface area (Å²) in [5.41, 5.74) is 1.12. The highest BCUT2D eigenvalue weighted by molar-refractivity contribution is 5.93. The first-order valence-corrected chi connectivity index (χ1v) is 8.44. The van der Waals surface area contributed by atoms with Gasteiger partial charge in [-0.1, -0.05) is 40.6 Å². The molecule has 2 N–H and O–H groups in total. The summed E-state index contributed by atoms with van der Waals surface area (Å²) >= 11 is 0. The number of hydrogen-bond acceptors (Lipinski definition) is 7. The van der Waals surface area contributed by atoms with Crippen molar-refractivity contribution in [2.24, 2.45) is 0 Å². The van der Waals surface area contributed by atoms with Crippen molar-refractivity contribution < 1.29 is 18.9 Å². The Labute approximate surface area is 149 Å². The zero-order valence-electron chi connectivity index (χ0n) is 14.1. The first-order chi connectivity index (χ1) is 12.6. The molecule has 4 rings (SSSR count). The van der Waals surface area contributed by atoms with Gasteiger partial charge in [-0.2, -0.15) is 4.98 Å².